The van der Waals surface area contributed by atoms with Gasteiger partial charge >= 0.3 is 0 Å². The van der Waals surface area contributed by atoms with Gasteiger partial charge in [0.25, 0.3) is 5.56 Å². The quantitative estimate of drug-likeness (QED) is 0.664. The summed E-state index contributed by atoms with van der Waals surface area (Å²) in [6.45, 7) is 4.16. The van der Waals surface area contributed by atoms with E-state index in [1.807, 2.05) is 43.3 Å². The molecule has 1 saturated heterocycles. The van der Waals surface area contributed by atoms with Crippen LogP contribution in [0.3, 0.4) is 0 Å². The van der Waals surface area contributed by atoms with E-state index in [1.165, 1.54) is 0 Å². The maximum atomic E-state index is 12.3. The third-order valence-corrected chi connectivity index (χ3v) is 5.19. The molecular formula is C22H25N3O2. The summed E-state index contributed by atoms with van der Waals surface area (Å²) >= 11 is 0. The molecule has 0 radical (unpaired) electrons. The lowest BCUT2D eigenvalue weighted by Crippen LogP contribution is -2.38. The number of piperidine rings is 1. The van der Waals surface area contributed by atoms with Crippen molar-refractivity contribution in [2.75, 3.05) is 23.3 Å². The van der Waals surface area contributed by atoms with E-state index in [0.717, 1.165) is 52.8 Å². The topological polar surface area (TPSA) is 68.4 Å². The van der Waals surface area contributed by atoms with E-state index >= 15 is 0 Å². The van der Waals surface area contributed by atoms with E-state index in [1.54, 1.807) is 0 Å². The first kappa shape index (κ1) is 17.6. The third-order valence-electron chi connectivity index (χ3n) is 5.19. The van der Waals surface area contributed by atoms with Gasteiger partial charge < -0.3 is 20.3 Å². The largest absolute Gasteiger partial charge is 0.391 e. The van der Waals surface area contributed by atoms with Gasteiger partial charge in [0.15, 0.2) is 0 Å². The van der Waals surface area contributed by atoms with Crippen LogP contribution in [0.25, 0.3) is 10.9 Å². The van der Waals surface area contributed by atoms with Gasteiger partial charge in [-0.15, -0.1) is 0 Å². The van der Waals surface area contributed by atoms with Crippen LogP contribution >= 0.6 is 0 Å². The van der Waals surface area contributed by atoms with E-state index in [9.17, 15) is 9.90 Å². The maximum Gasteiger partial charge on any atom is 0.253 e. The lowest BCUT2D eigenvalue weighted by molar-refractivity contribution is 0.154. The summed E-state index contributed by atoms with van der Waals surface area (Å²) in [5, 5.41) is 14.2. The van der Waals surface area contributed by atoms with Crippen molar-refractivity contribution < 1.29 is 5.11 Å². The molecule has 1 aliphatic heterocycles. The number of aromatic nitrogens is 1. The highest BCUT2D eigenvalue weighted by Gasteiger charge is 2.17. The van der Waals surface area contributed by atoms with Gasteiger partial charge in [-0.25, -0.2) is 0 Å². The van der Waals surface area contributed by atoms with Gasteiger partial charge in [0, 0.05) is 42.1 Å². The first-order chi connectivity index (χ1) is 13.1. The number of anilines is 2. The number of aliphatic hydroxyl groups excluding tert-OH is 1. The van der Waals surface area contributed by atoms with Crippen LogP contribution in [0.5, 0.6) is 0 Å². The summed E-state index contributed by atoms with van der Waals surface area (Å²) in [5.74, 6) is 0. The summed E-state index contributed by atoms with van der Waals surface area (Å²) in [4.78, 5) is 17.5. The molecule has 0 saturated carbocycles. The molecule has 3 aromatic rings. The van der Waals surface area contributed by atoms with Crippen molar-refractivity contribution in [1.29, 1.82) is 0 Å². The highest BCUT2D eigenvalue weighted by atomic mass is 16.3. The Labute approximate surface area is 158 Å². The molecule has 0 bridgehead atoms. The zero-order valence-electron chi connectivity index (χ0n) is 15.5. The van der Waals surface area contributed by atoms with Crippen LogP contribution in [0.15, 0.2) is 53.3 Å². The molecule has 0 unspecified atom stereocenters. The molecule has 0 amide bonds. The van der Waals surface area contributed by atoms with Crippen molar-refractivity contribution in [2.24, 2.45) is 0 Å². The number of aryl methyl sites for hydroxylation is 1. The number of aromatic amines is 1. The van der Waals surface area contributed by atoms with Crippen LogP contribution in [-0.4, -0.2) is 29.3 Å². The number of hydrogen-bond acceptors (Lipinski definition) is 4. The Bertz CT molecular complexity index is 995. The van der Waals surface area contributed by atoms with Gasteiger partial charge in [-0.1, -0.05) is 12.1 Å². The summed E-state index contributed by atoms with van der Waals surface area (Å²) in [7, 11) is 0. The van der Waals surface area contributed by atoms with Crippen LogP contribution in [0, 0.1) is 6.92 Å². The molecule has 1 fully saturated rings. The van der Waals surface area contributed by atoms with Crippen molar-refractivity contribution in [3.63, 3.8) is 0 Å². The van der Waals surface area contributed by atoms with E-state index < -0.39 is 0 Å². The third kappa shape index (κ3) is 3.98. The number of hydrogen-bond donors (Lipinski definition) is 3. The molecule has 0 spiro atoms. The number of H-pyrrole nitrogens is 1. The Morgan fingerprint density at radius 1 is 1.19 bits per heavy atom. The minimum absolute atomic E-state index is 0.0560. The molecule has 1 aliphatic rings. The van der Waals surface area contributed by atoms with Crippen LogP contribution in [0.4, 0.5) is 11.4 Å². The zero-order valence-corrected chi connectivity index (χ0v) is 15.5. The van der Waals surface area contributed by atoms with E-state index in [4.69, 9.17) is 0 Å². The fourth-order valence-electron chi connectivity index (χ4n) is 3.67. The van der Waals surface area contributed by atoms with Gasteiger partial charge in [0.05, 0.1) is 6.10 Å². The minimum atomic E-state index is -0.236. The predicted octanol–water partition coefficient (Wildman–Crippen LogP) is 3.41. The monoisotopic (exact) mass is 363 g/mol. The number of fused-ring (bicyclic) bond motifs is 1. The van der Waals surface area contributed by atoms with Gasteiger partial charge in [0.1, 0.15) is 0 Å². The van der Waals surface area contributed by atoms with Crippen molar-refractivity contribution in [1.82, 2.24) is 4.98 Å². The number of benzene rings is 2. The normalized spacial score (nSPS) is 17.3. The number of nitrogens with one attached hydrogen (secondary N) is 2. The first-order valence-corrected chi connectivity index (χ1v) is 9.48. The second-order valence-electron chi connectivity index (χ2n) is 7.36. The van der Waals surface area contributed by atoms with Gasteiger partial charge in [0.2, 0.25) is 0 Å². The van der Waals surface area contributed by atoms with E-state index in [2.05, 4.69) is 27.3 Å². The molecule has 0 aliphatic carbocycles. The molecule has 2 heterocycles. The SMILES string of the molecule is Cc1ccc2cc(CNc3ccc(N4CCC[C@@H](O)C4)cc3)c(=O)[nH]c2c1. The summed E-state index contributed by atoms with van der Waals surface area (Å²) in [6, 6.07) is 16.2. The Hall–Kier alpha value is -2.79. The van der Waals surface area contributed by atoms with E-state index in [0.29, 0.717) is 13.1 Å². The Morgan fingerprint density at radius 2 is 2.00 bits per heavy atom. The number of aliphatic hydroxyl groups is 1. The van der Waals surface area contributed by atoms with Crippen LogP contribution in [-0.2, 0) is 6.54 Å². The van der Waals surface area contributed by atoms with Crippen molar-refractivity contribution in [2.45, 2.75) is 32.4 Å². The molecule has 140 valence electrons. The lowest BCUT2D eigenvalue weighted by Gasteiger charge is -2.32. The smallest absolute Gasteiger partial charge is 0.253 e. The average Bonchev–Trinajstić information content (AvgIpc) is 2.67. The fourth-order valence-corrected chi connectivity index (χ4v) is 3.67. The van der Waals surface area contributed by atoms with Gasteiger partial charge in [-0.2, -0.15) is 0 Å². The molecular weight excluding hydrogens is 338 g/mol. The standard InChI is InChI=1S/C22H25N3O2/c1-15-4-5-16-12-17(22(27)24-21(16)11-15)13-23-18-6-8-19(9-7-18)25-10-2-3-20(26)14-25/h4-9,11-12,20,23,26H,2-3,10,13-14H2,1H3,(H,24,27)/t20-/m1/s1. The van der Waals surface area contributed by atoms with Gasteiger partial charge in [-0.3, -0.25) is 4.79 Å². The molecule has 27 heavy (non-hydrogen) atoms. The van der Waals surface area contributed by atoms with Crippen LogP contribution in [0.1, 0.15) is 24.0 Å². The van der Waals surface area contributed by atoms with Crippen molar-refractivity contribution in [3.05, 3.63) is 70.0 Å². The first-order valence-electron chi connectivity index (χ1n) is 9.48. The van der Waals surface area contributed by atoms with Crippen molar-refractivity contribution >= 4 is 22.3 Å². The average molecular weight is 363 g/mol. The molecule has 5 nitrogen and oxygen atoms in total. The van der Waals surface area contributed by atoms with Crippen LogP contribution in [0.2, 0.25) is 0 Å². The van der Waals surface area contributed by atoms with Crippen LogP contribution < -0.4 is 15.8 Å². The molecule has 2 aromatic carbocycles. The Kier molecular flexibility index (Phi) is 4.86. The summed E-state index contributed by atoms with van der Waals surface area (Å²) in [5.41, 5.74) is 4.76. The lowest BCUT2D eigenvalue weighted by atomic mass is 10.1. The highest BCUT2D eigenvalue weighted by molar-refractivity contribution is 5.79. The van der Waals surface area contributed by atoms with Gasteiger partial charge in [-0.05, 0) is 67.1 Å². The molecule has 1 aromatic heterocycles. The fraction of sp³-hybridized carbons (Fsp3) is 0.318. The minimum Gasteiger partial charge on any atom is -0.391 e. The zero-order chi connectivity index (χ0) is 18.8. The predicted molar refractivity (Wildman–Crippen MR) is 111 cm³/mol. The second-order valence-corrected chi connectivity index (χ2v) is 7.36. The maximum absolute atomic E-state index is 12.3. The highest BCUT2D eigenvalue weighted by Crippen LogP contribution is 2.22. The number of pyridine rings is 1. The molecule has 1 atom stereocenters. The number of β-amino-alcohol motifs (C(OH)–C–C–N with tert-alkyl or cyclic N) is 1. The second kappa shape index (κ2) is 7.45. The Balaban J connectivity index is 1.45. The number of rotatable bonds is 4. The molecule has 5 heteroatoms. The summed E-state index contributed by atoms with van der Waals surface area (Å²) in [6.07, 6.45) is 1.67. The number of nitrogens with zero attached hydrogens (tertiary/aromatic N) is 1. The molecule has 4 rings (SSSR count). The van der Waals surface area contributed by atoms with Crippen molar-refractivity contribution in [3.8, 4) is 0 Å². The summed E-state index contributed by atoms with van der Waals surface area (Å²) < 4.78 is 0. The Morgan fingerprint density at radius 3 is 2.78 bits per heavy atom. The van der Waals surface area contributed by atoms with E-state index in [-0.39, 0.29) is 11.7 Å². The molecule has 3 N–H and O–H groups in total.